The molecule has 0 bridgehead atoms. The first-order valence-electron chi connectivity index (χ1n) is 7.68. The van der Waals surface area contributed by atoms with E-state index in [1.807, 2.05) is 0 Å². The van der Waals surface area contributed by atoms with Gasteiger partial charge in [0.15, 0.2) is 0 Å². The van der Waals surface area contributed by atoms with Crippen molar-refractivity contribution in [3.8, 4) is 10.6 Å². The lowest BCUT2D eigenvalue weighted by atomic mass is 9.97. The smallest absolute Gasteiger partial charge is 0.123 e. The number of rotatable bonds is 4. The Morgan fingerprint density at radius 3 is 2.62 bits per heavy atom. The Morgan fingerprint density at radius 1 is 1.24 bits per heavy atom. The van der Waals surface area contributed by atoms with E-state index in [0.717, 1.165) is 37.1 Å². The number of nitrogens with zero attached hydrogens (tertiary/aromatic N) is 2. The van der Waals surface area contributed by atoms with Crippen molar-refractivity contribution < 1.29 is 0 Å². The molecule has 1 fully saturated rings. The third-order valence-corrected chi connectivity index (χ3v) is 5.22. The average molecular weight is 301 g/mol. The van der Waals surface area contributed by atoms with Gasteiger partial charge in [-0.05, 0) is 45.3 Å². The first-order chi connectivity index (χ1) is 10.2. The lowest BCUT2D eigenvalue weighted by Crippen LogP contribution is -2.35. The fourth-order valence-electron chi connectivity index (χ4n) is 2.82. The summed E-state index contributed by atoms with van der Waals surface area (Å²) >= 11 is 1.74. The normalized spacial score (nSPS) is 17.2. The number of nitrogens with two attached hydrogens (primary N) is 1. The van der Waals surface area contributed by atoms with E-state index in [1.54, 1.807) is 11.3 Å². The zero-order valence-corrected chi connectivity index (χ0v) is 13.4. The van der Waals surface area contributed by atoms with Crippen molar-refractivity contribution in [1.82, 2.24) is 9.88 Å². The van der Waals surface area contributed by atoms with Crippen molar-refractivity contribution in [2.45, 2.75) is 26.3 Å². The number of likely N-dealkylation sites (tertiary alicyclic amines) is 1. The predicted octanol–water partition coefficient (Wildman–Crippen LogP) is 3.29. The largest absolute Gasteiger partial charge is 0.330 e. The van der Waals surface area contributed by atoms with Gasteiger partial charge in [-0.15, -0.1) is 11.3 Å². The minimum atomic E-state index is 0.722. The van der Waals surface area contributed by atoms with Gasteiger partial charge in [-0.25, -0.2) is 4.98 Å². The lowest BCUT2D eigenvalue weighted by Gasteiger charge is -2.30. The van der Waals surface area contributed by atoms with Crippen LogP contribution in [0.3, 0.4) is 0 Å². The zero-order chi connectivity index (χ0) is 14.7. The van der Waals surface area contributed by atoms with Crippen molar-refractivity contribution in [3.05, 3.63) is 40.9 Å². The molecule has 21 heavy (non-hydrogen) atoms. The highest BCUT2D eigenvalue weighted by atomic mass is 32.1. The number of aromatic nitrogens is 1. The Balaban J connectivity index is 1.62. The topological polar surface area (TPSA) is 42.2 Å². The van der Waals surface area contributed by atoms with Crippen LogP contribution in [0.15, 0.2) is 29.6 Å². The van der Waals surface area contributed by atoms with Crippen LogP contribution in [0, 0.1) is 12.8 Å². The summed E-state index contributed by atoms with van der Waals surface area (Å²) < 4.78 is 0. The highest BCUT2D eigenvalue weighted by Gasteiger charge is 2.18. The second-order valence-electron chi connectivity index (χ2n) is 5.97. The van der Waals surface area contributed by atoms with Gasteiger partial charge >= 0.3 is 0 Å². The molecule has 2 heterocycles. The van der Waals surface area contributed by atoms with E-state index in [-0.39, 0.29) is 0 Å². The molecule has 112 valence electrons. The SMILES string of the molecule is Cc1ccc(-c2nc(CN3CCC(CN)CC3)cs2)cc1. The summed E-state index contributed by atoms with van der Waals surface area (Å²) in [6, 6.07) is 8.61. The van der Waals surface area contributed by atoms with Crippen molar-refractivity contribution in [2.75, 3.05) is 19.6 Å². The molecule has 0 aliphatic carbocycles. The molecular formula is C17H23N3S. The van der Waals surface area contributed by atoms with E-state index < -0.39 is 0 Å². The van der Waals surface area contributed by atoms with Gasteiger partial charge in [0.1, 0.15) is 5.01 Å². The van der Waals surface area contributed by atoms with Gasteiger partial charge in [0.25, 0.3) is 0 Å². The molecule has 2 aromatic rings. The third-order valence-electron chi connectivity index (χ3n) is 4.28. The number of hydrogen-bond donors (Lipinski definition) is 1. The van der Waals surface area contributed by atoms with E-state index in [0.29, 0.717) is 0 Å². The molecule has 0 spiro atoms. The third kappa shape index (κ3) is 3.70. The molecule has 0 radical (unpaired) electrons. The number of hydrogen-bond acceptors (Lipinski definition) is 4. The molecular weight excluding hydrogens is 278 g/mol. The second-order valence-corrected chi connectivity index (χ2v) is 6.82. The van der Waals surface area contributed by atoms with Gasteiger partial charge in [-0.3, -0.25) is 4.90 Å². The van der Waals surface area contributed by atoms with Crippen LogP contribution in [-0.2, 0) is 6.54 Å². The quantitative estimate of drug-likeness (QED) is 0.942. The van der Waals surface area contributed by atoms with Crippen LogP contribution in [0.5, 0.6) is 0 Å². The van der Waals surface area contributed by atoms with Crippen molar-refractivity contribution >= 4 is 11.3 Å². The fourth-order valence-corrected chi connectivity index (χ4v) is 3.63. The van der Waals surface area contributed by atoms with Crippen LogP contribution in [0.25, 0.3) is 10.6 Å². The molecule has 3 rings (SSSR count). The van der Waals surface area contributed by atoms with Crippen molar-refractivity contribution in [3.63, 3.8) is 0 Å². The Hall–Kier alpha value is -1.23. The Labute approximate surface area is 130 Å². The summed E-state index contributed by atoms with van der Waals surface area (Å²) in [5, 5.41) is 3.33. The minimum Gasteiger partial charge on any atom is -0.330 e. The summed E-state index contributed by atoms with van der Waals surface area (Å²) in [6.45, 7) is 6.22. The molecule has 3 nitrogen and oxygen atoms in total. The molecule has 1 saturated heterocycles. The molecule has 0 amide bonds. The molecule has 0 saturated carbocycles. The molecule has 1 aromatic carbocycles. The first-order valence-corrected chi connectivity index (χ1v) is 8.56. The Bertz CT molecular complexity index is 568. The summed E-state index contributed by atoms with van der Waals surface area (Å²) in [7, 11) is 0. The molecule has 2 N–H and O–H groups in total. The Kier molecular flexibility index (Phi) is 4.68. The predicted molar refractivity (Wildman–Crippen MR) is 89.3 cm³/mol. The standard InChI is InChI=1S/C17H23N3S/c1-13-2-4-15(5-3-13)17-19-16(12-21-17)11-20-8-6-14(10-18)7-9-20/h2-5,12,14H,6-11,18H2,1H3. The van der Waals surface area contributed by atoms with Crippen molar-refractivity contribution in [1.29, 1.82) is 0 Å². The molecule has 0 atom stereocenters. The highest BCUT2D eigenvalue weighted by molar-refractivity contribution is 7.13. The maximum atomic E-state index is 5.75. The van der Waals surface area contributed by atoms with E-state index in [2.05, 4.69) is 41.5 Å². The lowest BCUT2D eigenvalue weighted by molar-refractivity contribution is 0.179. The van der Waals surface area contributed by atoms with Crippen molar-refractivity contribution in [2.24, 2.45) is 11.7 Å². The van der Waals surface area contributed by atoms with Gasteiger partial charge < -0.3 is 5.73 Å². The monoisotopic (exact) mass is 301 g/mol. The maximum Gasteiger partial charge on any atom is 0.123 e. The van der Waals surface area contributed by atoms with Gasteiger partial charge in [0.05, 0.1) is 5.69 Å². The van der Waals surface area contributed by atoms with Crippen LogP contribution < -0.4 is 5.73 Å². The molecule has 4 heteroatoms. The average Bonchev–Trinajstić information content (AvgIpc) is 2.97. The molecule has 1 aliphatic rings. The first kappa shape index (κ1) is 14.7. The number of aryl methyl sites for hydroxylation is 1. The van der Waals surface area contributed by atoms with Gasteiger partial charge in [-0.2, -0.15) is 0 Å². The van der Waals surface area contributed by atoms with E-state index in [9.17, 15) is 0 Å². The van der Waals surface area contributed by atoms with Gasteiger partial charge in [0.2, 0.25) is 0 Å². The van der Waals surface area contributed by atoms with Crippen LogP contribution in [0.4, 0.5) is 0 Å². The summed E-state index contributed by atoms with van der Waals surface area (Å²) in [5.41, 5.74) is 9.46. The summed E-state index contributed by atoms with van der Waals surface area (Å²) in [5.74, 6) is 0.722. The van der Waals surface area contributed by atoms with Crippen LogP contribution >= 0.6 is 11.3 Å². The number of benzene rings is 1. The molecule has 1 aliphatic heterocycles. The zero-order valence-electron chi connectivity index (χ0n) is 12.6. The number of thiazole rings is 1. The van der Waals surface area contributed by atoms with Gasteiger partial charge in [-0.1, -0.05) is 29.8 Å². The highest BCUT2D eigenvalue weighted by Crippen LogP contribution is 2.25. The molecule has 1 aromatic heterocycles. The minimum absolute atomic E-state index is 0.722. The van der Waals surface area contributed by atoms with Gasteiger partial charge in [0, 0.05) is 17.5 Å². The van der Waals surface area contributed by atoms with E-state index >= 15 is 0 Å². The maximum absolute atomic E-state index is 5.75. The summed E-state index contributed by atoms with van der Waals surface area (Å²) in [4.78, 5) is 7.30. The number of piperidine rings is 1. The summed E-state index contributed by atoms with van der Waals surface area (Å²) in [6.07, 6.45) is 2.46. The van der Waals surface area contributed by atoms with Crippen LogP contribution in [0.2, 0.25) is 0 Å². The molecule has 0 unspecified atom stereocenters. The Morgan fingerprint density at radius 2 is 1.95 bits per heavy atom. The second kappa shape index (κ2) is 6.69. The van der Waals surface area contributed by atoms with E-state index in [1.165, 1.54) is 29.7 Å². The van der Waals surface area contributed by atoms with Crippen LogP contribution in [-0.4, -0.2) is 29.5 Å². The fraction of sp³-hybridized carbons (Fsp3) is 0.471. The van der Waals surface area contributed by atoms with Crippen LogP contribution in [0.1, 0.15) is 24.1 Å². The van der Waals surface area contributed by atoms with E-state index in [4.69, 9.17) is 10.7 Å².